The molecule has 0 spiro atoms. The SMILES string of the molecule is CNC(C1CC1)C1CCCN1C(=O)OC(C)(C)C. The summed E-state index contributed by atoms with van der Waals surface area (Å²) in [7, 11) is 2.01. The second-order valence-corrected chi connectivity index (χ2v) is 6.54. The van der Waals surface area contributed by atoms with E-state index in [1.54, 1.807) is 0 Å². The molecular formula is C14H26N2O2. The summed E-state index contributed by atoms with van der Waals surface area (Å²) in [5.41, 5.74) is -0.404. The molecule has 104 valence electrons. The lowest BCUT2D eigenvalue weighted by Gasteiger charge is -2.33. The van der Waals surface area contributed by atoms with Crippen LogP contribution in [0.3, 0.4) is 0 Å². The molecule has 0 aromatic heterocycles. The summed E-state index contributed by atoms with van der Waals surface area (Å²) >= 11 is 0. The molecule has 0 radical (unpaired) electrons. The van der Waals surface area contributed by atoms with Crippen LogP contribution in [0.5, 0.6) is 0 Å². The smallest absolute Gasteiger partial charge is 0.410 e. The average molecular weight is 254 g/mol. The van der Waals surface area contributed by atoms with Gasteiger partial charge in [0.1, 0.15) is 5.60 Å². The van der Waals surface area contributed by atoms with Crippen molar-refractivity contribution in [1.29, 1.82) is 0 Å². The molecule has 2 aliphatic rings. The second kappa shape index (κ2) is 5.08. The highest BCUT2D eigenvalue weighted by atomic mass is 16.6. The van der Waals surface area contributed by atoms with Crippen molar-refractivity contribution in [1.82, 2.24) is 10.2 Å². The molecule has 2 atom stereocenters. The van der Waals surface area contributed by atoms with Gasteiger partial charge in [0.05, 0.1) is 6.04 Å². The molecule has 4 heteroatoms. The molecule has 1 aliphatic heterocycles. The Bertz CT molecular complexity index is 307. The van der Waals surface area contributed by atoms with Gasteiger partial charge in [-0.2, -0.15) is 0 Å². The predicted molar refractivity (Wildman–Crippen MR) is 71.5 cm³/mol. The Morgan fingerprint density at radius 1 is 1.33 bits per heavy atom. The molecule has 1 aliphatic carbocycles. The fraction of sp³-hybridized carbons (Fsp3) is 0.929. The first-order valence-corrected chi connectivity index (χ1v) is 7.09. The topological polar surface area (TPSA) is 41.6 Å². The number of nitrogens with one attached hydrogen (secondary N) is 1. The number of hydrogen-bond acceptors (Lipinski definition) is 3. The van der Waals surface area contributed by atoms with Crippen molar-refractivity contribution < 1.29 is 9.53 Å². The van der Waals surface area contributed by atoms with Gasteiger partial charge in [0.2, 0.25) is 0 Å². The minimum atomic E-state index is -0.404. The molecule has 1 heterocycles. The van der Waals surface area contributed by atoms with E-state index in [1.807, 2.05) is 32.7 Å². The molecule has 1 N–H and O–H groups in total. The van der Waals surface area contributed by atoms with Crippen LogP contribution in [-0.4, -0.2) is 42.3 Å². The van der Waals surface area contributed by atoms with Crippen molar-refractivity contribution in [2.75, 3.05) is 13.6 Å². The number of carbonyl (C=O) groups is 1. The molecule has 0 aromatic carbocycles. The van der Waals surface area contributed by atoms with Crippen molar-refractivity contribution in [3.05, 3.63) is 0 Å². The second-order valence-electron chi connectivity index (χ2n) is 6.54. The molecule has 1 saturated carbocycles. The van der Waals surface area contributed by atoms with Gasteiger partial charge < -0.3 is 15.0 Å². The van der Waals surface area contributed by atoms with Crippen LogP contribution < -0.4 is 5.32 Å². The van der Waals surface area contributed by atoms with E-state index in [9.17, 15) is 4.79 Å². The summed E-state index contributed by atoms with van der Waals surface area (Å²) < 4.78 is 5.51. The zero-order valence-corrected chi connectivity index (χ0v) is 12.0. The summed E-state index contributed by atoms with van der Waals surface area (Å²) in [6, 6.07) is 0.761. The Hall–Kier alpha value is -0.770. The highest BCUT2D eigenvalue weighted by Gasteiger charge is 2.42. The number of likely N-dealkylation sites (tertiary alicyclic amines) is 1. The van der Waals surface area contributed by atoms with Crippen LogP contribution in [-0.2, 0) is 4.74 Å². The minimum Gasteiger partial charge on any atom is -0.444 e. The molecule has 18 heavy (non-hydrogen) atoms. The molecule has 2 rings (SSSR count). The Kier molecular flexibility index (Phi) is 3.85. The maximum Gasteiger partial charge on any atom is 0.410 e. The molecule has 4 nitrogen and oxygen atoms in total. The van der Waals surface area contributed by atoms with E-state index >= 15 is 0 Å². The largest absolute Gasteiger partial charge is 0.444 e. The van der Waals surface area contributed by atoms with Crippen LogP contribution in [0.4, 0.5) is 4.79 Å². The summed E-state index contributed by atoms with van der Waals surface area (Å²) in [6.07, 6.45) is 4.63. The van der Waals surface area contributed by atoms with E-state index in [2.05, 4.69) is 5.32 Å². The maximum atomic E-state index is 12.2. The number of likely N-dealkylation sites (N-methyl/N-ethyl adjacent to an activating group) is 1. The third-order valence-electron chi connectivity index (χ3n) is 3.80. The standard InChI is InChI=1S/C14H26N2O2/c1-14(2,3)18-13(17)16-9-5-6-11(16)12(15-4)10-7-8-10/h10-12,15H,5-9H2,1-4H3. The van der Waals surface area contributed by atoms with Gasteiger partial charge in [0, 0.05) is 12.6 Å². The summed E-state index contributed by atoms with van der Waals surface area (Å²) in [5, 5.41) is 3.40. The van der Waals surface area contributed by atoms with Crippen molar-refractivity contribution in [3.8, 4) is 0 Å². The van der Waals surface area contributed by atoms with Gasteiger partial charge in [-0.3, -0.25) is 0 Å². The first-order valence-electron chi connectivity index (χ1n) is 7.09. The number of rotatable bonds is 3. The Balaban J connectivity index is 2.00. The third kappa shape index (κ3) is 3.16. The number of ether oxygens (including phenoxy) is 1. The van der Waals surface area contributed by atoms with Gasteiger partial charge in [-0.15, -0.1) is 0 Å². The highest BCUT2D eigenvalue weighted by molar-refractivity contribution is 5.69. The van der Waals surface area contributed by atoms with Gasteiger partial charge in [0.25, 0.3) is 0 Å². The lowest BCUT2D eigenvalue weighted by molar-refractivity contribution is 0.0191. The molecule has 2 unspecified atom stereocenters. The molecule has 2 fully saturated rings. The Morgan fingerprint density at radius 3 is 2.50 bits per heavy atom. The fourth-order valence-corrected chi connectivity index (χ4v) is 2.91. The van der Waals surface area contributed by atoms with Crippen molar-refractivity contribution >= 4 is 6.09 Å². The lowest BCUT2D eigenvalue weighted by atomic mass is 10.0. The van der Waals surface area contributed by atoms with Gasteiger partial charge in [-0.25, -0.2) is 4.79 Å². The predicted octanol–water partition coefficient (Wildman–Crippen LogP) is 2.38. The maximum absolute atomic E-state index is 12.2. The normalized spacial score (nSPS) is 26.2. The van der Waals surface area contributed by atoms with E-state index in [-0.39, 0.29) is 6.09 Å². The Morgan fingerprint density at radius 2 is 2.00 bits per heavy atom. The average Bonchev–Trinajstić information content (AvgIpc) is 2.94. The van der Waals surface area contributed by atoms with Crippen molar-refractivity contribution in [2.45, 2.75) is 64.1 Å². The van der Waals surface area contributed by atoms with E-state index in [0.29, 0.717) is 12.1 Å². The first-order chi connectivity index (χ1) is 8.42. The number of amides is 1. The van der Waals surface area contributed by atoms with Crippen LogP contribution >= 0.6 is 0 Å². The van der Waals surface area contributed by atoms with E-state index < -0.39 is 5.60 Å². The number of hydrogen-bond donors (Lipinski definition) is 1. The van der Waals surface area contributed by atoms with Crippen LogP contribution in [0.15, 0.2) is 0 Å². The third-order valence-corrected chi connectivity index (χ3v) is 3.80. The van der Waals surface area contributed by atoms with Gasteiger partial charge >= 0.3 is 6.09 Å². The Labute approximate surface area is 110 Å². The molecular weight excluding hydrogens is 228 g/mol. The highest BCUT2D eigenvalue weighted by Crippen LogP contribution is 2.38. The molecule has 1 saturated heterocycles. The van der Waals surface area contributed by atoms with Crippen molar-refractivity contribution in [3.63, 3.8) is 0 Å². The quantitative estimate of drug-likeness (QED) is 0.840. The first kappa shape index (κ1) is 13.7. The lowest BCUT2D eigenvalue weighted by Crippen LogP contribution is -2.50. The number of carbonyl (C=O) groups excluding carboxylic acids is 1. The summed E-state index contributed by atoms with van der Waals surface area (Å²) in [5.74, 6) is 0.753. The van der Waals surface area contributed by atoms with Gasteiger partial charge in [0.15, 0.2) is 0 Å². The van der Waals surface area contributed by atoms with E-state index in [0.717, 1.165) is 25.3 Å². The van der Waals surface area contributed by atoms with E-state index in [1.165, 1.54) is 12.8 Å². The van der Waals surface area contributed by atoms with Crippen LogP contribution in [0.2, 0.25) is 0 Å². The zero-order valence-electron chi connectivity index (χ0n) is 12.0. The monoisotopic (exact) mass is 254 g/mol. The summed E-state index contributed by atoms with van der Waals surface area (Å²) in [4.78, 5) is 14.1. The minimum absolute atomic E-state index is 0.147. The van der Waals surface area contributed by atoms with Crippen LogP contribution in [0, 0.1) is 5.92 Å². The summed E-state index contributed by atoms with van der Waals surface area (Å²) in [6.45, 7) is 6.61. The van der Waals surface area contributed by atoms with E-state index in [4.69, 9.17) is 4.74 Å². The van der Waals surface area contributed by atoms with Crippen LogP contribution in [0.25, 0.3) is 0 Å². The van der Waals surface area contributed by atoms with Crippen molar-refractivity contribution in [2.24, 2.45) is 5.92 Å². The molecule has 0 bridgehead atoms. The number of nitrogens with zero attached hydrogens (tertiary/aromatic N) is 1. The van der Waals surface area contributed by atoms with Crippen LogP contribution in [0.1, 0.15) is 46.5 Å². The molecule has 1 amide bonds. The van der Waals surface area contributed by atoms with Gasteiger partial charge in [-0.05, 0) is 59.4 Å². The van der Waals surface area contributed by atoms with Gasteiger partial charge in [-0.1, -0.05) is 0 Å². The fourth-order valence-electron chi connectivity index (χ4n) is 2.91. The molecule has 0 aromatic rings. The zero-order chi connectivity index (χ0) is 13.3.